The highest BCUT2D eigenvalue weighted by molar-refractivity contribution is 5.79. The lowest BCUT2D eigenvalue weighted by Gasteiger charge is -2.36. The molecular formula is C22H25NO6. The minimum absolute atomic E-state index is 0.129. The molecule has 1 aliphatic rings. The van der Waals surface area contributed by atoms with Gasteiger partial charge in [-0.25, -0.2) is 0 Å². The Labute approximate surface area is 169 Å². The lowest BCUT2D eigenvalue weighted by molar-refractivity contribution is -0.140. The zero-order valence-corrected chi connectivity index (χ0v) is 16.1. The summed E-state index contributed by atoms with van der Waals surface area (Å²) in [5.41, 5.74) is 0.299. The van der Waals surface area contributed by atoms with Gasteiger partial charge in [0.1, 0.15) is 18.1 Å². The SMILES string of the molecule is O=C(O)CC1(NC(=O)COc2ccc(OCc3ccccc3)cc2)CCOCC1. The van der Waals surface area contributed by atoms with Crippen molar-refractivity contribution in [3.05, 3.63) is 60.2 Å². The molecule has 7 nitrogen and oxygen atoms in total. The maximum atomic E-state index is 12.3. The summed E-state index contributed by atoms with van der Waals surface area (Å²) in [6.45, 7) is 1.14. The molecule has 7 heteroatoms. The molecule has 0 aliphatic carbocycles. The lowest BCUT2D eigenvalue weighted by Crippen LogP contribution is -2.54. The fourth-order valence-corrected chi connectivity index (χ4v) is 3.25. The van der Waals surface area contributed by atoms with E-state index in [9.17, 15) is 9.59 Å². The van der Waals surface area contributed by atoms with Crippen LogP contribution < -0.4 is 14.8 Å². The monoisotopic (exact) mass is 399 g/mol. The van der Waals surface area contributed by atoms with Crippen LogP contribution in [-0.4, -0.2) is 42.3 Å². The number of carboxylic acids is 1. The molecule has 1 fully saturated rings. The minimum Gasteiger partial charge on any atom is -0.489 e. The van der Waals surface area contributed by atoms with Gasteiger partial charge in [0.15, 0.2) is 6.61 Å². The van der Waals surface area contributed by atoms with Crippen molar-refractivity contribution in [2.24, 2.45) is 0 Å². The summed E-state index contributed by atoms with van der Waals surface area (Å²) in [7, 11) is 0. The Morgan fingerprint density at radius 2 is 1.59 bits per heavy atom. The van der Waals surface area contributed by atoms with Gasteiger partial charge in [-0.2, -0.15) is 0 Å². The summed E-state index contributed by atoms with van der Waals surface area (Å²) >= 11 is 0. The van der Waals surface area contributed by atoms with Gasteiger partial charge in [-0.05, 0) is 42.7 Å². The molecule has 154 valence electrons. The number of rotatable bonds is 9. The zero-order chi connectivity index (χ0) is 20.5. The molecule has 0 bridgehead atoms. The topological polar surface area (TPSA) is 94.1 Å². The van der Waals surface area contributed by atoms with E-state index in [-0.39, 0.29) is 18.9 Å². The fourth-order valence-electron chi connectivity index (χ4n) is 3.25. The average Bonchev–Trinajstić information content (AvgIpc) is 2.72. The third-order valence-electron chi connectivity index (χ3n) is 4.79. The quantitative estimate of drug-likeness (QED) is 0.673. The van der Waals surface area contributed by atoms with E-state index in [1.165, 1.54) is 0 Å². The highest BCUT2D eigenvalue weighted by Gasteiger charge is 2.36. The van der Waals surface area contributed by atoms with Crippen molar-refractivity contribution in [2.45, 2.75) is 31.4 Å². The number of hydrogen-bond donors (Lipinski definition) is 2. The van der Waals surface area contributed by atoms with Crippen molar-refractivity contribution in [3.8, 4) is 11.5 Å². The Kier molecular flexibility index (Phi) is 7.08. The standard InChI is InChI=1S/C22H25NO6/c24-20(23-22(14-21(25)26)10-12-27-13-11-22)16-29-19-8-6-18(7-9-19)28-15-17-4-2-1-3-5-17/h1-9H,10-16H2,(H,23,24)(H,25,26). The smallest absolute Gasteiger partial charge is 0.305 e. The average molecular weight is 399 g/mol. The molecule has 0 atom stereocenters. The second-order valence-electron chi connectivity index (χ2n) is 7.05. The van der Waals surface area contributed by atoms with Crippen LogP contribution in [0.15, 0.2) is 54.6 Å². The van der Waals surface area contributed by atoms with E-state index in [1.807, 2.05) is 30.3 Å². The van der Waals surface area contributed by atoms with Gasteiger partial charge in [-0.1, -0.05) is 30.3 Å². The van der Waals surface area contributed by atoms with E-state index in [0.29, 0.717) is 44.2 Å². The number of aliphatic carboxylic acids is 1. The van der Waals surface area contributed by atoms with Crippen molar-refractivity contribution in [1.82, 2.24) is 5.32 Å². The van der Waals surface area contributed by atoms with Gasteiger partial charge < -0.3 is 24.6 Å². The normalized spacial score (nSPS) is 15.3. The summed E-state index contributed by atoms with van der Waals surface area (Å²) in [5.74, 6) is -0.0588. The molecule has 0 radical (unpaired) electrons. The Morgan fingerprint density at radius 1 is 0.966 bits per heavy atom. The molecule has 1 heterocycles. The second kappa shape index (κ2) is 9.93. The highest BCUT2D eigenvalue weighted by atomic mass is 16.5. The molecular weight excluding hydrogens is 374 g/mol. The van der Waals surface area contributed by atoms with Gasteiger partial charge in [0.25, 0.3) is 5.91 Å². The van der Waals surface area contributed by atoms with E-state index in [4.69, 9.17) is 19.3 Å². The summed E-state index contributed by atoms with van der Waals surface area (Å²) in [4.78, 5) is 23.5. The predicted molar refractivity (Wildman–Crippen MR) is 106 cm³/mol. The third-order valence-corrected chi connectivity index (χ3v) is 4.79. The van der Waals surface area contributed by atoms with Crippen LogP contribution in [0, 0.1) is 0 Å². The first kappa shape index (κ1) is 20.7. The van der Waals surface area contributed by atoms with Crippen molar-refractivity contribution in [2.75, 3.05) is 19.8 Å². The first-order valence-corrected chi connectivity index (χ1v) is 9.55. The predicted octanol–water partition coefficient (Wildman–Crippen LogP) is 2.78. The van der Waals surface area contributed by atoms with Gasteiger partial charge >= 0.3 is 5.97 Å². The second-order valence-corrected chi connectivity index (χ2v) is 7.05. The van der Waals surface area contributed by atoms with Crippen LogP contribution in [-0.2, 0) is 20.9 Å². The van der Waals surface area contributed by atoms with Crippen molar-refractivity contribution in [3.63, 3.8) is 0 Å². The van der Waals surface area contributed by atoms with Gasteiger partial charge in [0, 0.05) is 13.2 Å². The van der Waals surface area contributed by atoms with Gasteiger partial charge in [0.2, 0.25) is 0 Å². The van der Waals surface area contributed by atoms with Crippen LogP contribution in [0.3, 0.4) is 0 Å². The van der Waals surface area contributed by atoms with Gasteiger partial charge in [0.05, 0.1) is 12.0 Å². The van der Waals surface area contributed by atoms with Crippen LogP contribution in [0.1, 0.15) is 24.8 Å². The summed E-state index contributed by atoms with van der Waals surface area (Å²) in [5, 5.41) is 12.0. The molecule has 2 N–H and O–H groups in total. The van der Waals surface area contributed by atoms with Gasteiger partial charge in [-0.15, -0.1) is 0 Å². The molecule has 1 saturated heterocycles. The zero-order valence-electron chi connectivity index (χ0n) is 16.1. The molecule has 2 aromatic carbocycles. The first-order valence-electron chi connectivity index (χ1n) is 9.55. The Balaban J connectivity index is 1.47. The number of amides is 1. The molecule has 0 aromatic heterocycles. The molecule has 0 saturated carbocycles. The molecule has 1 aliphatic heterocycles. The maximum Gasteiger partial charge on any atom is 0.305 e. The molecule has 2 aromatic rings. The van der Waals surface area contributed by atoms with Crippen LogP contribution in [0.2, 0.25) is 0 Å². The van der Waals surface area contributed by atoms with Crippen molar-refractivity contribution < 1.29 is 28.9 Å². The van der Waals surface area contributed by atoms with E-state index in [2.05, 4.69) is 5.32 Å². The Hall–Kier alpha value is -3.06. The van der Waals surface area contributed by atoms with Crippen LogP contribution in [0.4, 0.5) is 0 Å². The number of hydrogen-bond acceptors (Lipinski definition) is 5. The number of carbonyl (C=O) groups is 2. The largest absolute Gasteiger partial charge is 0.489 e. The number of benzene rings is 2. The van der Waals surface area contributed by atoms with Crippen LogP contribution >= 0.6 is 0 Å². The number of carboxylic acid groups (broad SMARTS) is 1. The Bertz CT molecular complexity index is 800. The maximum absolute atomic E-state index is 12.3. The van der Waals surface area contributed by atoms with E-state index in [1.54, 1.807) is 24.3 Å². The molecule has 0 unspecified atom stereocenters. The summed E-state index contributed by atoms with van der Waals surface area (Å²) < 4.78 is 16.5. The van der Waals surface area contributed by atoms with Crippen LogP contribution in [0.5, 0.6) is 11.5 Å². The molecule has 3 rings (SSSR count). The highest BCUT2D eigenvalue weighted by Crippen LogP contribution is 2.25. The van der Waals surface area contributed by atoms with Crippen molar-refractivity contribution in [1.29, 1.82) is 0 Å². The van der Waals surface area contributed by atoms with Gasteiger partial charge in [-0.3, -0.25) is 9.59 Å². The molecule has 0 spiro atoms. The number of ether oxygens (including phenoxy) is 3. The minimum atomic E-state index is -0.945. The number of carbonyl (C=O) groups excluding carboxylic acids is 1. The fraction of sp³-hybridized carbons (Fsp3) is 0.364. The first-order chi connectivity index (χ1) is 14.0. The van der Waals surface area contributed by atoms with E-state index < -0.39 is 11.5 Å². The van der Waals surface area contributed by atoms with E-state index in [0.717, 1.165) is 5.56 Å². The van der Waals surface area contributed by atoms with Crippen LogP contribution in [0.25, 0.3) is 0 Å². The van der Waals surface area contributed by atoms with E-state index >= 15 is 0 Å². The molecule has 1 amide bonds. The Morgan fingerprint density at radius 3 is 2.21 bits per heavy atom. The summed E-state index contributed by atoms with van der Waals surface area (Å²) in [6.07, 6.45) is 0.812. The lowest BCUT2D eigenvalue weighted by atomic mass is 9.86. The number of nitrogens with one attached hydrogen (secondary N) is 1. The summed E-state index contributed by atoms with van der Waals surface area (Å²) in [6, 6.07) is 16.9. The van der Waals surface area contributed by atoms with Crippen molar-refractivity contribution >= 4 is 11.9 Å². The third kappa shape index (κ3) is 6.50. The molecule has 29 heavy (non-hydrogen) atoms.